The molecule has 9 rings (SSSR count). The lowest BCUT2D eigenvalue weighted by molar-refractivity contribution is 0.951. The van der Waals surface area contributed by atoms with Crippen LogP contribution in [0.4, 0.5) is 0 Å². The maximum absolute atomic E-state index is 5.11. The summed E-state index contributed by atoms with van der Waals surface area (Å²) in [4.78, 5) is 23.8. The molecule has 0 aliphatic heterocycles. The summed E-state index contributed by atoms with van der Waals surface area (Å²) in [5.41, 5.74) is 6.99. The zero-order chi connectivity index (χ0) is 29.0. The SMILES string of the molecule is c1ccc(-n2c3ccccc3c3ccc4c5ccccc5n(-c5nc(-c6cccnc6)nc(-c6cccnc6)n5)c4c32)cc1. The Kier molecular flexibility index (Phi) is 5.36. The summed E-state index contributed by atoms with van der Waals surface area (Å²) < 4.78 is 4.54. The second-order valence-corrected chi connectivity index (χ2v) is 10.7. The van der Waals surface area contributed by atoms with Crippen molar-refractivity contribution in [2.24, 2.45) is 0 Å². The number of para-hydroxylation sites is 3. The predicted molar refractivity (Wildman–Crippen MR) is 175 cm³/mol. The second-order valence-electron chi connectivity index (χ2n) is 10.7. The molecule has 206 valence electrons. The van der Waals surface area contributed by atoms with Gasteiger partial charge in [-0.25, -0.2) is 4.98 Å². The first-order valence-electron chi connectivity index (χ1n) is 14.4. The summed E-state index contributed by atoms with van der Waals surface area (Å²) in [6.45, 7) is 0. The van der Waals surface area contributed by atoms with Crippen LogP contribution >= 0.6 is 0 Å². The molecule has 0 saturated heterocycles. The minimum Gasteiger partial charge on any atom is -0.307 e. The van der Waals surface area contributed by atoms with Crippen molar-refractivity contribution in [1.82, 2.24) is 34.1 Å². The number of benzene rings is 4. The molecule has 0 amide bonds. The zero-order valence-corrected chi connectivity index (χ0v) is 23.4. The molecular weight excluding hydrogens is 542 g/mol. The third kappa shape index (κ3) is 3.66. The molecule has 7 heteroatoms. The summed E-state index contributed by atoms with van der Waals surface area (Å²) in [7, 11) is 0. The van der Waals surface area contributed by atoms with E-state index in [-0.39, 0.29) is 0 Å². The molecule has 0 fully saturated rings. The van der Waals surface area contributed by atoms with Crippen molar-refractivity contribution in [3.63, 3.8) is 0 Å². The van der Waals surface area contributed by atoms with E-state index in [2.05, 4.69) is 110 Å². The van der Waals surface area contributed by atoms with Crippen molar-refractivity contribution < 1.29 is 0 Å². The van der Waals surface area contributed by atoms with Gasteiger partial charge in [-0.05, 0) is 48.5 Å². The van der Waals surface area contributed by atoms with Crippen molar-refractivity contribution in [2.45, 2.75) is 0 Å². The molecule has 5 aromatic heterocycles. The van der Waals surface area contributed by atoms with E-state index in [1.54, 1.807) is 24.8 Å². The molecule has 0 bridgehead atoms. The Morgan fingerprint density at radius 2 is 0.932 bits per heavy atom. The van der Waals surface area contributed by atoms with E-state index in [1.165, 1.54) is 5.39 Å². The van der Waals surface area contributed by atoms with Gasteiger partial charge in [-0.2, -0.15) is 9.97 Å². The van der Waals surface area contributed by atoms with Crippen LogP contribution in [0.25, 0.3) is 78.0 Å². The summed E-state index contributed by atoms with van der Waals surface area (Å²) in [5.74, 6) is 1.62. The number of aromatic nitrogens is 7. The summed E-state index contributed by atoms with van der Waals surface area (Å²) in [6, 6.07) is 39.7. The summed E-state index contributed by atoms with van der Waals surface area (Å²) >= 11 is 0. The fourth-order valence-electron chi connectivity index (χ4n) is 6.27. The highest BCUT2D eigenvalue weighted by Crippen LogP contribution is 2.41. The van der Waals surface area contributed by atoms with Crippen molar-refractivity contribution >= 4 is 43.6 Å². The van der Waals surface area contributed by atoms with Crippen LogP contribution in [0.1, 0.15) is 0 Å². The molecule has 0 unspecified atom stereocenters. The Morgan fingerprint density at radius 3 is 1.50 bits per heavy atom. The number of rotatable bonds is 4. The van der Waals surface area contributed by atoms with Crippen LogP contribution in [0.3, 0.4) is 0 Å². The minimum atomic E-state index is 0.529. The van der Waals surface area contributed by atoms with Gasteiger partial charge in [-0.3, -0.25) is 14.5 Å². The first-order chi connectivity index (χ1) is 21.8. The van der Waals surface area contributed by atoms with E-state index >= 15 is 0 Å². The van der Waals surface area contributed by atoms with E-state index in [4.69, 9.17) is 15.0 Å². The highest BCUT2D eigenvalue weighted by atomic mass is 15.2. The quantitative estimate of drug-likeness (QED) is 0.215. The van der Waals surface area contributed by atoms with E-state index < -0.39 is 0 Å². The van der Waals surface area contributed by atoms with Gasteiger partial charge < -0.3 is 4.57 Å². The Balaban J connectivity index is 1.48. The molecule has 0 N–H and O–H groups in total. The number of nitrogens with zero attached hydrogens (tertiary/aromatic N) is 7. The highest BCUT2D eigenvalue weighted by molar-refractivity contribution is 6.23. The van der Waals surface area contributed by atoms with Crippen LogP contribution in [0, 0.1) is 0 Å². The van der Waals surface area contributed by atoms with Crippen LogP contribution in [0.5, 0.6) is 0 Å². The van der Waals surface area contributed by atoms with Crippen molar-refractivity contribution in [2.75, 3.05) is 0 Å². The molecule has 0 aliphatic rings. The van der Waals surface area contributed by atoms with Crippen molar-refractivity contribution in [3.8, 4) is 34.4 Å². The number of hydrogen-bond donors (Lipinski definition) is 0. The zero-order valence-electron chi connectivity index (χ0n) is 23.4. The van der Waals surface area contributed by atoms with E-state index in [0.717, 1.165) is 55.0 Å². The largest absolute Gasteiger partial charge is 0.307 e. The monoisotopic (exact) mass is 565 g/mol. The smallest absolute Gasteiger partial charge is 0.238 e. The fraction of sp³-hybridized carbons (Fsp3) is 0. The highest BCUT2D eigenvalue weighted by Gasteiger charge is 2.23. The Labute approximate surface area is 251 Å². The standard InChI is InChI=1S/C37H23N7/c1-2-12-26(13-3-1)43-31-16-6-4-14-27(31)29-18-19-30-28-15-5-7-17-32(28)44(34(30)33(29)43)37-41-35(24-10-8-20-38-22-24)40-36(42-37)25-11-9-21-39-23-25/h1-23H. The van der Waals surface area contributed by atoms with Gasteiger partial charge in [0, 0.05) is 63.1 Å². The first-order valence-corrected chi connectivity index (χ1v) is 14.4. The Morgan fingerprint density at radius 1 is 0.409 bits per heavy atom. The van der Waals surface area contributed by atoms with Crippen LogP contribution in [-0.2, 0) is 0 Å². The lowest BCUT2D eigenvalue weighted by Crippen LogP contribution is -2.07. The normalized spacial score (nSPS) is 11.6. The number of pyridine rings is 2. The lowest BCUT2D eigenvalue weighted by atomic mass is 10.1. The number of fused-ring (bicyclic) bond motifs is 7. The maximum atomic E-state index is 5.11. The van der Waals surface area contributed by atoms with Gasteiger partial charge in [-0.15, -0.1) is 0 Å². The van der Waals surface area contributed by atoms with Gasteiger partial charge >= 0.3 is 0 Å². The lowest BCUT2D eigenvalue weighted by Gasteiger charge is -2.13. The average molecular weight is 566 g/mol. The topological polar surface area (TPSA) is 74.3 Å². The third-order valence-electron chi connectivity index (χ3n) is 8.15. The predicted octanol–water partition coefficient (Wildman–Crippen LogP) is 8.19. The van der Waals surface area contributed by atoms with Gasteiger partial charge in [0.2, 0.25) is 5.95 Å². The average Bonchev–Trinajstić information content (AvgIpc) is 3.62. The van der Waals surface area contributed by atoms with Gasteiger partial charge in [-0.1, -0.05) is 66.7 Å². The molecule has 0 spiro atoms. The van der Waals surface area contributed by atoms with Gasteiger partial charge in [0.05, 0.1) is 22.1 Å². The Bertz CT molecular complexity index is 2420. The third-order valence-corrected chi connectivity index (χ3v) is 8.15. The van der Waals surface area contributed by atoms with E-state index in [1.807, 2.05) is 24.3 Å². The van der Waals surface area contributed by atoms with Gasteiger partial charge in [0.15, 0.2) is 11.6 Å². The van der Waals surface area contributed by atoms with Crippen molar-refractivity contribution in [3.05, 3.63) is 140 Å². The molecular formula is C37H23N7. The molecule has 4 aromatic carbocycles. The summed E-state index contributed by atoms with van der Waals surface area (Å²) in [5, 5.41) is 4.60. The minimum absolute atomic E-state index is 0.529. The first kappa shape index (κ1) is 24.4. The molecule has 0 saturated carbocycles. The fourth-order valence-corrected chi connectivity index (χ4v) is 6.27. The van der Waals surface area contributed by atoms with Gasteiger partial charge in [0.1, 0.15) is 0 Å². The second kappa shape index (κ2) is 9.68. The number of hydrogen-bond acceptors (Lipinski definition) is 5. The molecule has 0 aliphatic carbocycles. The molecule has 0 atom stereocenters. The van der Waals surface area contributed by atoms with Crippen molar-refractivity contribution in [1.29, 1.82) is 0 Å². The molecule has 9 aromatic rings. The van der Waals surface area contributed by atoms with E-state index in [9.17, 15) is 0 Å². The van der Waals surface area contributed by atoms with Crippen LogP contribution < -0.4 is 0 Å². The molecule has 44 heavy (non-hydrogen) atoms. The van der Waals surface area contributed by atoms with Crippen LogP contribution in [0.15, 0.2) is 140 Å². The molecule has 5 heterocycles. The maximum Gasteiger partial charge on any atom is 0.238 e. The molecule has 7 nitrogen and oxygen atoms in total. The van der Waals surface area contributed by atoms with Gasteiger partial charge in [0.25, 0.3) is 0 Å². The Hall–Kier alpha value is -6.21. The van der Waals surface area contributed by atoms with E-state index in [0.29, 0.717) is 17.6 Å². The molecule has 0 radical (unpaired) electrons. The van der Waals surface area contributed by atoms with Crippen LogP contribution in [0.2, 0.25) is 0 Å². The summed E-state index contributed by atoms with van der Waals surface area (Å²) in [6.07, 6.45) is 7.06. The van der Waals surface area contributed by atoms with Crippen LogP contribution in [-0.4, -0.2) is 34.1 Å².